The third-order valence-corrected chi connectivity index (χ3v) is 3.78. The van der Waals surface area contributed by atoms with Crippen molar-refractivity contribution in [2.45, 2.75) is 39.7 Å². The molecule has 5 heteroatoms. The highest BCUT2D eigenvalue weighted by atomic mass is 15.2. The van der Waals surface area contributed by atoms with Gasteiger partial charge in [0.2, 0.25) is 0 Å². The lowest BCUT2D eigenvalue weighted by atomic mass is 10.1. The van der Waals surface area contributed by atoms with E-state index >= 15 is 0 Å². The SMILES string of the molecule is Cc1ccnc(C[C@H](C)N(C)c2cc(CCN)nc(C)n2)c1. The molecule has 0 saturated heterocycles. The Hall–Kier alpha value is -2.01. The van der Waals surface area contributed by atoms with Crippen LogP contribution in [-0.2, 0) is 12.8 Å². The van der Waals surface area contributed by atoms with E-state index in [4.69, 9.17) is 5.73 Å². The molecular formula is C17H25N5. The standard InChI is InChI=1S/C17H25N5/c1-12-6-8-19-16(9-12)10-13(2)22(4)17-11-15(5-7-18)20-14(3)21-17/h6,8-9,11,13H,5,7,10,18H2,1-4H3/t13-/m0/s1. The molecule has 0 unspecified atom stereocenters. The van der Waals surface area contributed by atoms with Crippen LogP contribution < -0.4 is 10.6 Å². The summed E-state index contributed by atoms with van der Waals surface area (Å²) in [4.78, 5) is 15.6. The number of pyridine rings is 1. The van der Waals surface area contributed by atoms with Crippen molar-refractivity contribution in [1.29, 1.82) is 0 Å². The van der Waals surface area contributed by atoms with Crippen molar-refractivity contribution in [3.8, 4) is 0 Å². The molecule has 0 bridgehead atoms. The van der Waals surface area contributed by atoms with Gasteiger partial charge in [0, 0.05) is 49.6 Å². The zero-order valence-corrected chi connectivity index (χ0v) is 13.9. The maximum atomic E-state index is 5.63. The summed E-state index contributed by atoms with van der Waals surface area (Å²) in [5.74, 6) is 1.73. The highest BCUT2D eigenvalue weighted by Crippen LogP contribution is 2.16. The summed E-state index contributed by atoms with van der Waals surface area (Å²) in [6.07, 6.45) is 3.52. The lowest BCUT2D eigenvalue weighted by molar-refractivity contribution is 0.660. The quantitative estimate of drug-likeness (QED) is 0.884. The van der Waals surface area contributed by atoms with Gasteiger partial charge < -0.3 is 10.6 Å². The van der Waals surface area contributed by atoms with Crippen LogP contribution in [0.5, 0.6) is 0 Å². The van der Waals surface area contributed by atoms with E-state index in [-0.39, 0.29) is 0 Å². The Morgan fingerprint density at radius 3 is 2.64 bits per heavy atom. The zero-order valence-electron chi connectivity index (χ0n) is 13.9. The van der Waals surface area contributed by atoms with Crippen LogP contribution in [0.2, 0.25) is 0 Å². The number of aromatic nitrogens is 3. The minimum Gasteiger partial charge on any atom is -0.356 e. The van der Waals surface area contributed by atoms with Crippen molar-refractivity contribution in [3.63, 3.8) is 0 Å². The second-order valence-electron chi connectivity index (χ2n) is 5.79. The van der Waals surface area contributed by atoms with E-state index < -0.39 is 0 Å². The first-order chi connectivity index (χ1) is 10.5. The van der Waals surface area contributed by atoms with Crippen LogP contribution in [0.3, 0.4) is 0 Å². The molecule has 0 fully saturated rings. The number of hydrogen-bond donors (Lipinski definition) is 1. The summed E-state index contributed by atoms with van der Waals surface area (Å²) in [5.41, 5.74) is 8.97. The molecule has 2 aromatic rings. The lowest BCUT2D eigenvalue weighted by Crippen LogP contribution is -2.32. The average Bonchev–Trinajstić information content (AvgIpc) is 2.46. The second-order valence-corrected chi connectivity index (χ2v) is 5.79. The second kappa shape index (κ2) is 7.31. The van der Waals surface area contributed by atoms with Gasteiger partial charge in [0.05, 0.1) is 0 Å². The first kappa shape index (κ1) is 16.4. The molecule has 2 heterocycles. The van der Waals surface area contributed by atoms with Crippen molar-refractivity contribution in [2.24, 2.45) is 5.73 Å². The van der Waals surface area contributed by atoms with Gasteiger partial charge in [0.1, 0.15) is 11.6 Å². The molecule has 0 aliphatic carbocycles. The van der Waals surface area contributed by atoms with Crippen LogP contribution in [-0.4, -0.2) is 34.6 Å². The van der Waals surface area contributed by atoms with Crippen LogP contribution in [0.25, 0.3) is 0 Å². The molecule has 5 nitrogen and oxygen atoms in total. The van der Waals surface area contributed by atoms with Crippen LogP contribution >= 0.6 is 0 Å². The first-order valence-electron chi connectivity index (χ1n) is 7.68. The van der Waals surface area contributed by atoms with E-state index in [1.165, 1.54) is 5.56 Å². The van der Waals surface area contributed by atoms with E-state index in [0.29, 0.717) is 12.6 Å². The number of nitrogens with zero attached hydrogens (tertiary/aromatic N) is 4. The Kier molecular flexibility index (Phi) is 5.44. The maximum absolute atomic E-state index is 5.63. The third-order valence-electron chi connectivity index (χ3n) is 3.78. The van der Waals surface area contributed by atoms with E-state index in [1.807, 2.05) is 25.3 Å². The number of aryl methyl sites for hydroxylation is 2. The van der Waals surface area contributed by atoms with Crippen LogP contribution in [0.4, 0.5) is 5.82 Å². The predicted octanol–water partition coefficient (Wildman–Crippen LogP) is 2.06. The molecule has 118 valence electrons. The summed E-state index contributed by atoms with van der Waals surface area (Å²) >= 11 is 0. The predicted molar refractivity (Wildman–Crippen MR) is 90.1 cm³/mol. The smallest absolute Gasteiger partial charge is 0.132 e. The van der Waals surface area contributed by atoms with E-state index in [0.717, 1.165) is 35.9 Å². The van der Waals surface area contributed by atoms with Gasteiger partial charge >= 0.3 is 0 Å². The number of anilines is 1. The summed E-state index contributed by atoms with van der Waals surface area (Å²) in [6.45, 7) is 6.79. The van der Waals surface area contributed by atoms with Gasteiger partial charge in [-0.3, -0.25) is 4.98 Å². The van der Waals surface area contributed by atoms with Gasteiger partial charge in [-0.2, -0.15) is 0 Å². The molecule has 2 N–H and O–H groups in total. The molecule has 1 atom stereocenters. The van der Waals surface area contributed by atoms with Gasteiger partial charge in [-0.15, -0.1) is 0 Å². The van der Waals surface area contributed by atoms with Gasteiger partial charge in [-0.1, -0.05) is 0 Å². The molecule has 2 aromatic heterocycles. The van der Waals surface area contributed by atoms with Gasteiger partial charge in [0.25, 0.3) is 0 Å². The molecule has 0 spiro atoms. The fraction of sp³-hybridized carbons (Fsp3) is 0.471. The highest BCUT2D eigenvalue weighted by molar-refractivity contribution is 5.40. The van der Waals surface area contributed by atoms with Crippen molar-refractivity contribution in [2.75, 3.05) is 18.5 Å². The number of rotatable bonds is 6. The summed E-state index contributed by atoms with van der Waals surface area (Å²) < 4.78 is 0. The molecule has 0 aliphatic rings. The number of likely N-dealkylation sites (N-methyl/N-ethyl adjacent to an activating group) is 1. The first-order valence-corrected chi connectivity index (χ1v) is 7.68. The molecule has 2 rings (SSSR count). The average molecular weight is 299 g/mol. The minimum absolute atomic E-state index is 0.300. The van der Waals surface area contributed by atoms with E-state index in [1.54, 1.807) is 0 Å². The Bertz CT molecular complexity index is 626. The summed E-state index contributed by atoms with van der Waals surface area (Å²) in [6, 6.07) is 6.48. The highest BCUT2D eigenvalue weighted by Gasteiger charge is 2.14. The van der Waals surface area contributed by atoms with Crippen LogP contribution in [0.1, 0.15) is 29.7 Å². The Morgan fingerprint density at radius 1 is 1.18 bits per heavy atom. The summed E-state index contributed by atoms with van der Waals surface area (Å²) in [7, 11) is 2.06. The Labute approximate surface area is 132 Å². The molecule has 22 heavy (non-hydrogen) atoms. The molecule has 0 radical (unpaired) electrons. The maximum Gasteiger partial charge on any atom is 0.132 e. The fourth-order valence-corrected chi connectivity index (χ4v) is 2.44. The molecule has 0 aliphatic heterocycles. The Morgan fingerprint density at radius 2 is 1.95 bits per heavy atom. The van der Waals surface area contributed by atoms with Crippen molar-refractivity contribution in [3.05, 3.63) is 47.2 Å². The van der Waals surface area contributed by atoms with Crippen molar-refractivity contribution in [1.82, 2.24) is 15.0 Å². The lowest BCUT2D eigenvalue weighted by Gasteiger charge is -2.26. The largest absolute Gasteiger partial charge is 0.356 e. The van der Waals surface area contributed by atoms with E-state index in [2.05, 4.69) is 46.8 Å². The topological polar surface area (TPSA) is 67.9 Å². The fourth-order valence-electron chi connectivity index (χ4n) is 2.44. The van der Waals surface area contributed by atoms with Gasteiger partial charge in [0.15, 0.2) is 0 Å². The number of hydrogen-bond acceptors (Lipinski definition) is 5. The van der Waals surface area contributed by atoms with Crippen molar-refractivity contribution < 1.29 is 0 Å². The number of nitrogens with two attached hydrogens (primary N) is 1. The molecular weight excluding hydrogens is 274 g/mol. The van der Waals surface area contributed by atoms with Crippen molar-refractivity contribution >= 4 is 5.82 Å². The van der Waals surface area contributed by atoms with Crippen LogP contribution in [0.15, 0.2) is 24.4 Å². The van der Waals surface area contributed by atoms with E-state index in [9.17, 15) is 0 Å². The van der Waals surface area contributed by atoms with Crippen LogP contribution in [0, 0.1) is 13.8 Å². The van der Waals surface area contributed by atoms with Gasteiger partial charge in [-0.25, -0.2) is 9.97 Å². The molecule has 0 saturated carbocycles. The van der Waals surface area contributed by atoms with Gasteiger partial charge in [-0.05, 0) is 45.0 Å². The summed E-state index contributed by atoms with van der Waals surface area (Å²) in [5, 5.41) is 0. The molecule has 0 amide bonds. The zero-order chi connectivity index (χ0) is 16.1. The third kappa shape index (κ3) is 4.24. The monoisotopic (exact) mass is 299 g/mol. The minimum atomic E-state index is 0.300. The molecule has 0 aromatic carbocycles. The normalized spacial score (nSPS) is 12.2. The Balaban J connectivity index is 2.14.